The van der Waals surface area contributed by atoms with Gasteiger partial charge in [-0.3, -0.25) is 0 Å². The molecule has 0 saturated carbocycles. The molecule has 0 aromatic rings. The second-order valence-corrected chi connectivity index (χ2v) is 3.65. The standard InChI is InChI=1S/C10H17NO/c1-8(2)7-10-11(9(3)4)5-6-12-10/h5-9H,1-4H3/b10-7-. The SMILES string of the molecule is CC(C)/C=C1\OC=CN1C(C)C. The molecule has 2 nitrogen and oxygen atoms in total. The molecule has 0 radical (unpaired) electrons. The molecule has 0 saturated heterocycles. The summed E-state index contributed by atoms with van der Waals surface area (Å²) >= 11 is 0. The Balaban J connectivity index is 2.68. The van der Waals surface area contributed by atoms with Gasteiger partial charge < -0.3 is 9.64 Å². The molecule has 0 aromatic carbocycles. The molecule has 0 N–H and O–H groups in total. The highest BCUT2D eigenvalue weighted by Crippen LogP contribution is 2.19. The molecule has 1 aliphatic heterocycles. The van der Waals surface area contributed by atoms with Gasteiger partial charge >= 0.3 is 0 Å². The Labute approximate surface area is 74.5 Å². The minimum absolute atomic E-state index is 0.466. The van der Waals surface area contributed by atoms with Crippen LogP contribution >= 0.6 is 0 Å². The van der Waals surface area contributed by atoms with E-state index in [2.05, 4.69) is 38.7 Å². The quantitative estimate of drug-likeness (QED) is 0.627. The number of allylic oxidation sites excluding steroid dienone is 1. The average molecular weight is 167 g/mol. The molecule has 1 heterocycles. The van der Waals surface area contributed by atoms with Gasteiger partial charge in [0.15, 0.2) is 5.88 Å². The Bertz CT molecular complexity index is 204. The van der Waals surface area contributed by atoms with Crippen LogP contribution in [0.25, 0.3) is 0 Å². The van der Waals surface area contributed by atoms with Crippen LogP contribution in [-0.2, 0) is 4.74 Å². The van der Waals surface area contributed by atoms with Gasteiger partial charge in [0.25, 0.3) is 0 Å². The van der Waals surface area contributed by atoms with Gasteiger partial charge in [0.2, 0.25) is 0 Å². The first kappa shape index (κ1) is 9.17. The Kier molecular flexibility index (Phi) is 2.79. The van der Waals surface area contributed by atoms with Crippen molar-refractivity contribution in [2.75, 3.05) is 0 Å². The van der Waals surface area contributed by atoms with Crippen molar-refractivity contribution >= 4 is 0 Å². The van der Waals surface area contributed by atoms with Crippen molar-refractivity contribution in [1.82, 2.24) is 4.90 Å². The minimum atomic E-state index is 0.466. The van der Waals surface area contributed by atoms with Gasteiger partial charge in [-0.15, -0.1) is 0 Å². The average Bonchev–Trinajstić information content (AvgIpc) is 2.33. The van der Waals surface area contributed by atoms with Crippen LogP contribution in [0.15, 0.2) is 24.4 Å². The van der Waals surface area contributed by atoms with Crippen molar-refractivity contribution in [1.29, 1.82) is 0 Å². The van der Waals surface area contributed by atoms with Crippen molar-refractivity contribution in [3.8, 4) is 0 Å². The third kappa shape index (κ3) is 2.03. The molecule has 12 heavy (non-hydrogen) atoms. The maximum atomic E-state index is 5.34. The number of ether oxygens (including phenoxy) is 1. The first-order chi connectivity index (χ1) is 5.61. The lowest BCUT2D eigenvalue weighted by atomic mass is 10.2. The fourth-order valence-corrected chi connectivity index (χ4v) is 1.14. The highest BCUT2D eigenvalue weighted by atomic mass is 16.5. The van der Waals surface area contributed by atoms with E-state index in [1.165, 1.54) is 0 Å². The van der Waals surface area contributed by atoms with Gasteiger partial charge in [0.05, 0.1) is 0 Å². The summed E-state index contributed by atoms with van der Waals surface area (Å²) in [5, 5.41) is 0. The molecule has 0 atom stereocenters. The largest absolute Gasteiger partial charge is 0.447 e. The summed E-state index contributed by atoms with van der Waals surface area (Å²) in [6.45, 7) is 8.58. The van der Waals surface area contributed by atoms with Crippen LogP contribution in [0.2, 0.25) is 0 Å². The van der Waals surface area contributed by atoms with Crippen LogP contribution in [0.4, 0.5) is 0 Å². The third-order valence-electron chi connectivity index (χ3n) is 1.70. The highest BCUT2D eigenvalue weighted by Gasteiger charge is 2.16. The van der Waals surface area contributed by atoms with Crippen LogP contribution in [-0.4, -0.2) is 10.9 Å². The van der Waals surface area contributed by atoms with Crippen LogP contribution in [0.1, 0.15) is 27.7 Å². The first-order valence-electron chi connectivity index (χ1n) is 4.44. The van der Waals surface area contributed by atoms with Crippen LogP contribution in [0.5, 0.6) is 0 Å². The van der Waals surface area contributed by atoms with Crippen molar-refractivity contribution in [3.05, 3.63) is 24.4 Å². The lowest BCUT2D eigenvalue weighted by molar-refractivity contribution is 0.241. The Morgan fingerprint density at radius 3 is 2.50 bits per heavy atom. The second kappa shape index (κ2) is 3.65. The van der Waals surface area contributed by atoms with E-state index in [0.717, 1.165) is 5.88 Å². The molecule has 0 amide bonds. The van der Waals surface area contributed by atoms with Crippen molar-refractivity contribution in [2.24, 2.45) is 5.92 Å². The van der Waals surface area contributed by atoms with E-state index in [-0.39, 0.29) is 0 Å². The summed E-state index contributed by atoms with van der Waals surface area (Å²) in [6, 6.07) is 0.466. The number of nitrogens with zero attached hydrogens (tertiary/aromatic N) is 1. The predicted octanol–water partition coefficient (Wildman–Crippen LogP) is 2.70. The van der Waals surface area contributed by atoms with E-state index in [1.807, 2.05) is 6.20 Å². The summed E-state index contributed by atoms with van der Waals surface area (Å²) < 4.78 is 5.34. The van der Waals surface area contributed by atoms with E-state index in [9.17, 15) is 0 Å². The molecular formula is C10H17NO. The Morgan fingerprint density at radius 1 is 1.33 bits per heavy atom. The van der Waals surface area contributed by atoms with Gasteiger partial charge in [0.1, 0.15) is 6.26 Å². The zero-order valence-electron chi connectivity index (χ0n) is 8.24. The maximum absolute atomic E-state index is 5.34. The summed E-state index contributed by atoms with van der Waals surface area (Å²) in [6.07, 6.45) is 5.83. The maximum Gasteiger partial charge on any atom is 0.195 e. The topological polar surface area (TPSA) is 12.5 Å². The molecular weight excluding hydrogens is 150 g/mol. The summed E-state index contributed by atoms with van der Waals surface area (Å²) in [5.74, 6) is 1.49. The highest BCUT2D eigenvalue weighted by molar-refractivity contribution is 5.06. The minimum Gasteiger partial charge on any atom is -0.447 e. The lowest BCUT2D eigenvalue weighted by Gasteiger charge is -2.20. The van der Waals surface area contributed by atoms with Crippen LogP contribution < -0.4 is 0 Å². The van der Waals surface area contributed by atoms with Gasteiger partial charge in [-0.25, -0.2) is 0 Å². The summed E-state index contributed by atoms with van der Waals surface area (Å²) in [5.41, 5.74) is 0. The Morgan fingerprint density at radius 2 is 2.00 bits per heavy atom. The monoisotopic (exact) mass is 167 g/mol. The van der Waals surface area contributed by atoms with E-state index in [1.54, 1.807) is 6.26 Å². The van der Waals surface area contributed by atoms with E-state index < -0.39 is 0 Å². The van der Waals surface area contributed by atoms with E-state index in [4.69, 9.17) is 4.74 Å². The molecule has 0 unspecified atom stereocenters. The molecule has 0 fully saturated rings. The Hall–Kier alpha value is -0.920. The molecule has 0 aliphatic carbocycles. The molecule has 2 heteroatoms. The molecule has 1 aliphatic rings. The second-order valence-electron chi connectivity index (χ2n) is 3.65. The van der Waals surface area contributed by atoms with Crippen molar-refractivity contribution < 1.29 is 4.74 Å². The van der Waals surface area contributed by atoms with Gasteiger partial charge in [0, 0.05) is 12.2 Å². The molecule has 0 spiro atoms. The lowest BCUT2D eigenvalue weighted by Crippen LogP contribution is -2.22. The van der Waals surface area contributed by atoms with Gasteiger partial charge in [-0.1, -0.05) is 13.8 Å². The number of hydrogen-bond acceptors (Lipinski definition) is 2. The molecule has 0 bridgehead atoms. The molecule has 68 valence electrons. The van der Waals surface area contributed by atoms with Gasteiger partial charge in [-0.2, -0.15) is 0 Å². The normalized spacial score (nSPS) is 19.8. The first-order valence-corrected chi connectivity index (χ1v) is 4.44. The zero-order valence-corrected chi connectivity index (χ0v) is 8.24. The fraction of sp³-hybridized carbons (Fsp3) is 0.600. The molecule has 0 aromatic heterocycles. The van der Waals surface area contributed by atoms with Crippen molar-refractivity contribution in [3.63, 3.8) is 0 Å². The van der Waals surface area contributed by atoms with Crippen molar-refractivity contribution in [2.45, 2.75) is 33.7 Å². The fourth-order valence-electron chi connectivity index (χ4n) is 1.14. The molecule has 1 rings (SSSR count). The van der Waals surface area contributed by atoms with E-state index in [0.29, 0.717) is 12.0 Å². The third-order valence-corrected chi connectivity index (χ3v) is 1.70. The summed E-state index contributed by atoms with van der Waals surface area (Å²) in [4.78, 5) is 2.12. The van der Waals surface area contributed by atoms with Crippen LogP contribution in [0.3, 0.4) is 0 Å². The smallest absolute Gasteiger partial charge is 0.195 e. The number of hydrogen-bond donors (Lipinski definition) is 0. The predicted molar refractivity (Wildman–Crippen MR) is 50.1 cm³/mol. The zero-order chi connectivity index (χ0) is 9.14. The van der Waals surface area contributed by atoms with E-state index >= 15 is 0 Å². The number of rotatable bonds is 2. The van der Waals surface area contributed by atoms with Gasteiger partial charge in [-0.05, 0) is 25.8 Å². The summed E-state index contributed by atoms with van der Waals surface area (Å²) in [7, 11) is 0. The van der Waals surface area contributed by atoms with Crippen LogP contribution in [0, 0.1) is 5.92 Å².